The van der Waals surface area contributed by atoms with E-state index in [0.717, 1.165) is 56.3 Å². The lowest BCUT2D eigenvalue weighted by atomic mass is 9.50. The molecule has 1 aliphatic heterocycles. The number of anilines is 1. The quantitative estimate of drug-likeness (QED) is 0.706. The SMILES string of the molecule is COc1ccccc1N1CCN(CC(O)COCC23CC4CC(CC(C4)C2)C3)CC1. The van der Waals surface area contributed by atoms with Gasteiger partial charge in [-0.25, -0.2) is 0 Å². The van der Waals surface area contributed by atoms with E-state index in [2.05, 4.69) is 21.9 Å². The van der Waals surface area contributed by atoms with Crippen LogP contribution in [0.3, 0.4) is 0 Å². The summed E-state index contributed by atoms with van der Waals surface area (Å²) in [5.74, 6) is 3.82. The maximum absolute atomic E-state index is 10.6. The normalized spacial score (nSPS) is 34.3. The summed E-state index contributed by atoms with van der Waals surface area (Å²) in [4.78, 5) is 4.75. The lowest BCUT2D eigenvalue weighted by Gasteiger charge is -2.56. The first-order valence-electron chi connectivity index (χ1n) is 12.0. The monoisotopic (exact) mass is 414 g/mol. The molecule has 0 spiro atoms. The zero-order valence-corrected chi connectivity index (χ0v) is 18.5. The largest absolute Gasteiger partial charge is 0.495 e. The predicted octanol–water partition coefficient (Wildman–Crippen LogP) is 3.41. The van der Waals surface area contributed by atoms with Crippen molar-refractivity contribution < 1.29 is 14.6 Å². The molecule has 0 radical (unpaired) electrons. The topological polar surface area (TPSA) is 45.2 Å². The number of aliphatic hydroxyl groups excluding tert-OH is 1. The number of β-amino-alcohol motifs (C(OH)–C–C–N with tert-alkyl or cyclic N) is 1. The van der Waals surface area contributed by atoms with E-state index in [4.69, 9.17) is 9.47 Å². The summed E-state index contributed by atoms with van der Waals surface area (Å²) in [5.41, 5.74) is 1.61. The number of para-hydroxylation sites is 2. The summed E-state index contributed by atoms with van der Waals surface area (Å²) < 4.78 is 11.6. The number of piperazine rings is 1. The Morgan fingerprint density at radius 3 is 2.27 bits per heavy atom. The summed E-state index contributed by atoms with van der Waals surface area (Å²) in [6.45, 7) is 5.90. The van der Waals surface area contributed by atoms with Crippen molar-refractivity contribution in [1.29, 1.82) is 0 Å². The van der Waals surface area contributed by atoms with E-state index in [0.29, 0.717) is 18.6 Å². The van der Waals surface area contributed by atoms with E-state index < -0.39 is 6.10 Å². The maximum atomic E-state index is 10.6. The van der Waals surface area contributed by atoms with Crippen LogP contribution in [-0.4, -0.2) is 69.2 Å². The van der Waals surface area contributed by atoms with Crippen LogP contribution in [0.5, 0.6) is 5.75 Å². The fourth-order valence-corrected chi connectivity index (χ4v) is 7.29. The molecular weight excluding hydrogens is 376 g/mol. The third-order valence-electron chi connectivity index (χ3n) is 8.15. The molecule has 5 nitrogen and oxygen atoms in total. The van der Waals surface area contributed by atoms with E-state index in [1.807, 2.05) is 12.1 Å². The highest BCUT2D eigenvalue weighted by Gasteiger charge is 2.50. The number of aliphatic hydroxyl groups is 1. The van der Waals surface area contributed by atoms with Gasteiger partial charge in [0.2, 0.25) is 0 Å². The number of nitrogens with zero attached hydrogens (tertiary/aromatic N) is 2. The van der Waals surface area contributed by atoms with Crippen molar-refractivity contribution in [2.45, 2.75) is 44.6 Å². The van der Waals surface area contributed by atoms with Gasteiger partial charge in [-0.05, 0) is 73.8 Å². The van der Waals surface area contributed by atoms with Crippen LogP contribution in [-0.2, 0) is 4.74 Å². The van der Waals surface area contributed by atoms with Gasteiger partial charge < -0.3 is 19.5 Å². The van der Waals surface area contributed by atoms with Gasteiger partial charge in [-0.3, -0.25) is 4.90 Å². The highest BCUT2D eigenvalue weighted by Crippen LogP contribution is 2.60. The first-order valence-corrected chi connectivity index (χ1v) is 12.0. The average Bonchev–Trinajstić information content (AvgIpc) is 2.73. The van der Waals surface area contributed by atoms with E-state index >= 15 is 0 Å². The summed E-state index contributed by atoms with van der Waals surface area (Å²) in [6, 6.07) is 8.22. The van der Waals surface area contributed by atoms with Gasteiger partial charge in [0.05, 0.1) is 32.1 Å². The second-order valence-electron chi connectivity index (χ2n) is 10.5. The predicted molar refractivity (Wildman–Crippen MR) is 119 cm³/mol. The van der Waals surface area contributed by atoms with Crippen LogP contribution in [0.1, 0.15) is 38.5 Å². The smallest absolute Gasteiger partial charge is 0.142 e. The van der Waals surface area contributed by atoms with Gasteiger partial charge in [0.1, 0.15) is 5.75 Å². The van der Waals surface area contributed by atoms with Crippen molar-refractivity contribution in [1.82, 2.24) is 4.90 Å². The lowest BCUT2D eigenvalue weighted by Crippen LogP contribution is -2.50. The Labute approximate surface area is 181 Å². The Bertz CT molecular complexity index is 681. The van der Waals surface area contributed by atoms with Crippen molar-refractivity contribution >= 4 is 5.69 Å². The number of ether oxygens (including phenoxy) is 2. The Morgan fingerprint density at radius 2 is 1.63 bits per heavy atom. The average molecular weight is 415 g/mol. The van der Waals surface area contributed by atoms with Gasteiger partial charge >= 0.3 is 0 Å². The van der Waals surface area contributed by atoms with Crippen LogP contribution in [0.4, 0.5) is 5.69 Å². The molecule has 1 unspecified atom stereocenters. The van der Waals surface area contributed by atoms with Gasteiger partial charge in [0, 0.05) is 32.7 Å². The highest BCUT2D eigenvalue weighted by atomic mass is 16.5. The van der Waals surface area contributed by atoms with Crippen LogP contribution >= 0.6 is 0 Å². The molecule has 166 valence electrons. The molecule has 1 saturated heterocycles. The Morgan fingerprint density at radius 1 is 1.00 bits per heavy atom. The first kappa shape index (κ1) is 20.6. The van der Waals surface area contributed by atoms with Crippen molar-refractivity contribution in [2.24, 2.45) is 23.2 Å². The molecule has 6 rings (SSSR count). The summed E-state index contributed by atoms with van der Waals surface area (Å²) in [7, 11) is 1.73. The molecule has 0 amide bonds. The van der Waals surface area contributed by atoms with Gasteiger partial charge in [-0.15, -0.1) is 0 Å². The molecule has 4 saturated carbocycles. The second-order valence-corrected chi connectivity index (χ2v) is 10.5. The molecule has 4 bridgehead atoms. The minimum atomic E-state index is -0.392. The fourth-order valence-electron chi connectivity index (χ4n) is 7.29. The van der Waals surface area contributed by atoms with Crippen LogP contribution in [0.15, 0.2) is 24.3 Å². The molecule has 5 aliphatic rings. The Kier molecular flexibility index (Phi) is 5.96. The van der Waals surface area contributed by atoms with Crippen LogP contribution in [0.25, 0.3) is 0 Å². The van der Waals surface area contributed by atoms with Crippen molar-refractivity contribution in [3.8, 4) is 5.75 Å². The van der Waals surface area contributed by atoms with Crippen LogP contribution in [0, 0.1) is 23.2 Å². The molecule has 1 aromatic carbocycles. The van der Waals surface area contributed by atoms with Crippen molar-refractivity contribution in [2.75, 3.05) is 57.9 Å². The molecule has 5 heteroatoms. The highest BCUT2D eigenvalue weighted by molar-refractivity contribution is 5.58. The molecule has 1 atom stereocenters. The molecule has 1 heterocycles. The number of hydrogen-bond donors (Lipinski definition) is 1. The zero-order valence-electron chi connectivity index (χ0n) is 18.5. The van der Waals surface area contributed by atoms with Crippen LogP contribution in [0.2, 0.25) is 0 Å². The summed E-state index contributed by atoms with van der Waals surface area (Å²) >= 11 is 0. The van der Waals surface area contributed by atoms with Gasteiger partial charge in [-0.1, -0.05) is 12.1 Å². The maximum Gasteiger partial charge on any atom is 0.142 e. The minimum Gasteiger partial charge on any atom is -0.495 e. The Hall–Kier alpha value is -1.30. The van der Waals surface area contributed by atoms with Gasteiger partial charge in [-0.2, -0.15) is 0 Å². The number of methoxy groups -OCH3 is 1. The molecule has 30 heavy (non-hydrogen) atoms. The number of benzene rings is 1. The lowest BCUT2D eigenvalue weighted by molar-refractivity contribution is -0.107. The molecule has 4 aliphatic carbocycles. The molecule has 0 aromatic heterocycles. The van der Waals surface area contributed by atoms with E-state index in [1.54, 1.807) is 7.11 Å². The molecule has 1 N–H and O–H groups in total. The van der Waals surface area contributed by atoms with Gasteiger partial charge in [0.15, 0.2) is 0 Å². The van der Waals surface area contributed by atoms with E-state index in [1.165, 1.54) is 44.2 Å². The second kappa shape index (κ2) is 8.68. The van der Waals surface area contributed by atoms with E-state index in [9.17, 15) is 5.11 Å². The Balaban J connectivity index is 1.05. The number of rotatable bonds is 8. The van der Waals surface area contributed by atoms with E-state index in [-0.39, 0.29) is 0 Å². The summed E-state index contributed by atoms with van der Waals surface area (Å²) in [5, 5.41) is 10.6. The first-order chi connectivity index (χ1) is 14.6. The molecule has 5 fully saturated rings. The zero-order chi connectivity index (χ0) is 20.6. The van der Waals surface area contributed by atoms with Gasteiger partial charge in [0.25, 0.3) is 0 Å². The molecular formula is C25H38N2O3. The third kappa shape index (κ3) is 4.35. The summed E-state index contributed by atoms with van der Waals surface area (Å²) in [6.07, 6.45) is 8.16. The fraction of sp³-hybridized carbons (Fsp3) is 0.760. The minimum absolute atomic E-state index is 0.392. The van der Waals surface area contributed by atoms with Crippen molar-refractivity contribution in [3.05, 3.63) is 24.3 Å². The molecule has 1 aromatic rings. The number of hydrogen-bond acceptors (Lipinski definition) is 5. The third-order valence-corrected chi connectivity index (χ3v) is 8.15. The van der Waals surface area contributed by atoms with Crippen molar-refractivity contribution in [3.63, 3.8) is 0 Å². The standard InChI is InChI=1S/C25H38N2O3/c1-29-24-5-3-2-4-23(24)27-8-6-26(7-9-27)16-22(28)17-30-18-25-13-19-10-20(14-25)12-21(11-19)15-25/h2-5,19-22,28H,6-18H2,1H3. The van der Waals surface area contributed by atoms with Crippen LogP contribution < -0.4 is 9.64 Å².